The average Bonchev–Trinajstić information content (AvgIpc) is 3.26. The number of carbonyl (C=O) groups excluding carboxylic acids is 1. The Morgan fingerprint density at radius 2 is 1.81 bits per heavy atom. The van der Waals surface area contributed by atoms with E-state index in [1.807, 2.05) is 29.2 Å². The molecule has 4 aromatic rings. The molecule has 37 heavy (non-hydrogen) atoms. The summed E-state index contributed by atoms with van der Waals surface area (Å²) >= 11 is 0. The van der Waals surface area contributed by atoms with E-state index >= 15 is 0 Å². The van der Waals surface area contributed by atoms with Crippen molar-refractivity contribution in [1.82, 2.24) is 14.4 Å². The molecule has 0 bridgehead atoms. The molecule has 5 rings (SSSR count). The van der Waals surface area contributed by atoms with Crippen LogP contribution in [0.4, 0.5) is 10.5 Å². The molecule has 0 unspecified atom stereocenters. The molecule has 1 N–H and O–H groups in total. The highest BCUT2D eigenvalue weighted by Gasteiger charge is 2.18. The summed E-state index contributed by atoms with van der Waals surface area (Å²) in [6.45, 7) is 8.73. The van der Waals surface area contributed by atoms with Gasteiger partial charge < -0.3 is 24.3 Å². The van der Waals surface area contributed by atoms with E-state index in [1.54, 1.807) is 7.11 Å². The Morgan fingerprint density at radius 3 is 2.62 bits per heavy atom. The van der Waals surface area contributed by atoms with E-state index in [4.69, 9.17) is 9.47 Å². The van der Waals surface area contributed by atoms with Crippen LogP contribution in [0.2, 0.25) is 0 Å². The van der Waals surface area contributed by atoms with Gasteiger partial charge in [0.25, 0.3) is 0 Å². The van der Waals surface area contributed by atoms with Crippen LogP contribution in [0, 0.1) is 0 Å². The number of amides is 2. The van der Waals surface area contributed by atoms with Crippen LogP contribution in [-0.2, 0) is 17.8 Å². The monoisotopic (exact) mass is 500 g/mol. The summed E-state index contributed by atoms with van der Waals surface area (Å²) in [5.74, 6) is 0.717. The van der Waals surface area contributed by atoms with E-state index in [0.29, 0.717) is 13.1 Å². The Bertz CT molecular complexity index is 1360. The fourth-order valence-corrected chi connectivity index (χ4v) is 5.23. The lowest BCUT2D eigenvalue weighted by atomic mass is 10.1. The number of para-hydroxylation sites is 1. The molecule has 7 heteroatoms. The molecule has 0 radical (unpaired) electrons. The predicted octanol–water partition coefficient (Wildman–Crippen LogP) is 5.58. The fourth-order valence-electron chi connectivity index (χ4n) is 5.23. The molecule has 0 aliphatic carbocycles. The molecule has 0 saturated carbocycles. The largest absolute Gasteiger partial charge is 0.497 e. The number of carbonyl (C=O) groups is 1. The van der Waals surface area contributed by atoms with Crippen LogP contribution in [0.15, 0.2) is 66.7 Å². The third-order valence-electron chi connectivity index (χ3n) is 7.14. The minimum atomic E-state index is -0.105. The van der Waals surface area contributed by atoms with Crippen LogP contribution in [0.25, 0.3) is 21.8 Å². The van der Waals surface area contributed by atoms with Crippen molar-refractivity contribution in [2.24, 2.45) is 0 Å². The van der Waals surface area contributed by atoms with Crippen molar-refractivity contribution in [3.63, 3.8) is 0 Å². The van der Waals surface area contributed by atoms with Gasteiger partial charge in [-0.3, -0.25) is 4.90 Å². The molecule has 1 fully saturated rings. The molecule has 1 aromatic heterocycles. The standard InChI is InChI=1S/C30H36N4O3/c1-3-34-28-11-5-4-10-26(28)27-20-23(12-13-29(27)34)22-33(15-7-14-32-16-18-37-19-17-32)30(35)31-24-8-6-9-25(21-24)36-2/h4-6,8-13,20-21H,3,7,14-19,22H2,1-2H3,(H,31,35). The van der Waals surface area contributed by atoms with Gasteiger partial charge in [-0.05, 0) is 49.2 Å². The Morgan fingerprint density at radius 1 is 1.00 bits per heavy atom. The Labute approximate surface area is 218 Å². The summed E-state index contributed by atoms with van der Waals surface area (Å²) in [5, 5.41) is 5.56. The highest BCUT2D eigenvalue weighted by molar-refractivity contribution is 6.08. The predicted molar refractivity (Wildman–Crippen MR) is 149 cm³/mol. The number of nitrogens with one attached hydrogen (secondary N) is 1. The highest BCUT2D eigenvalue weighted by atomic mass is 16.5. The number of hydrogen-bond donors (Lipinski definition) is 1. The van der Waals surface area contributed by atoms with Crippen molar-refractivity contribution in [3.05, 3.63) is 72.3 Å². The third kappa shape index (κ3) is 5.73. The third-order valence-corrected chi connectivity index (χ3v) is 7.14. The summed E-state index contributed by atoms with van der Waals surface area (Å²) in [5.41, 5.74) is 4.32. The van der Waals surface area contributed by atoms with Crippen LogP contribution in [0.5, 0.6) is 5.75 Å². The molecular formula is C30H36N4O3. The van der Waals surface area contributed by atoms with Crippen molar-refractivity contribution in [3.8, 4) is 5.75 Å². The number of nitrogens with zero attached hydrogens (tertiary/aromatic N) is 3. The Balaban J connectivity index is 1.37. The fraction of sp³-hybridized carbons (Fsp3) is 0.367. The highest BCUT2D eigenvalue weighted by Crippen LogP contribution is 2.30. The van der Waals surface area contributed by atoms with E-state index in [0.717, 1.165) is 62.8 Å². The first kappa shape index (κ1) is 25.1. The van der Waals surface area contributed by atoms with Gasteiger partial charge in [0.2, 0.25) is 0 Å². The molecule has 1 aliphatic rings. The lowest BCUT2D eigenvalue weighted by Crippen LogP contribution is -2.40. The first-order chi connectivity index (χ1) is 18.2. The van der Waals surface area contributed by atoms with E-state index in [2.05, 4.69) is 64.2 Å². The zero-order chi connectivity index (χ0) is 25.6. The molecule has 2 heterocycles. The molecule has 194 valence electrons. The summed E-state index contributed by atoms with van der Waals surface area (Å²) in [4.78, 5) is 17.8. The summed E-state index contributed by atoms with van der Waals surface area (Å²) in [6, 6.07) is 22.5. The molecule has 0 spiro atoms. The molecule has 3 aromatic carbocycles. The average molecular weight is 501 g/mol. The minimum absolute atomic E-state index is 0.105. The van der Waals surface area contributed by atoms with Crippen molar-refractivity contribution in [1.29, 1.82) is 0 Å². The Hall–Kier alpha value is -3.55. The van der Waals surface area contributed by atoms with Crippen LogP contribution in [-0.4, -0.2) is 66.9 Å². The summed E-state index contributed by atoms with van der Waals surface area (Å²) in [6.07, 6.45) is 0.906. The number of morpholine rings is 1. The number of rotatable bonds is 9. The van der Waals surface area contributed by atoms with Gasteiger partial charge in [-0.25, -0.2) is 4.79 Å². The summed E-state index contributed by atoms with van der Waals surface area (Å²) in [7, 11) is 1.63. The van der Waals surface area contributed by atoms with Crippen molar-refractivity contribution >= 4 is 33.5 Å². The number of urea groups is 1. The quantitative estimate of drug-likeness (QED) is 0.326. The number of hydrogen-bond acceptors (Lipinski definition) is 4. The number of benzene rings is 3. The zero-order valence-electron chi connectivity index (χ0n) is 21.8. The van der Waals surface area contributed by atoms with Crippen molar-refractivity contribution in [2.45, 2.75) is 26.4 Å². The first-order valence-corrected chi connectivity index (χ1v) is 13.2. The van der Waals surface area contributed by atoms with E-state index in [-0.39, 0.29) is 6.03 Å². The van der Waals surface area contributed by atoms with Crippen LogP contribution in [0.1, 0.15) is 18.9 Å². The van der Waals surface area contributed by atoms with Crippen LogP contribution >= 0.6 is 0 Å². The second-order valence-corrected chi connectivity index (χ2v) is 9.50. The van der Waals surface area contributed by atoms with Crippen LogP contribution in [0.3, 0.4) is 0 Å². The van der Waals surface area contributed by atoms with Gasteiger partial charge in [0.1, 0.15) is 5.75 Å². The molecule has 7 nitrogen and oxygen atoms in total. The molecule has 1 saturated heterocycles. The van der Waals surface area contributed by atoms with Crippen LogP contribution < -0.4 is 10.1 Å². The topological polar surface area (TPSA) is 59.0 Å². The van der Waals surface area contributed by atoms with Gasteiger partial charge >= 0.3 is 6.03 Å². The Kier molecular flexibility index (Phi) is 7.92. The first-order valence-electron chi connectivity index (χ1n) is 13.2. The maximum atomic E-state index is 13.5. The minimum Gasteiger partial charge on any atom is -0.497 e. The molecular weight excluding hydrogens is 464 g/mol. The van der Waals surface area contributed by atoms with E-state index in [9.17, 15) is 4.79 Å². The van der Waals surface area contributed by atoms with Crippen molar-refractivity contribution in [2.75, 3.05) is 51.8 Å². The SMILES string of the molecule is CCn1c2ccccc2c2cc(CN(CCCN3CCOCC3)C(=O)Nc3cccc(OC)c3)ccc21. The number of fused-ring (bicyclic) bond motifs is 3. The lowest BCUT2D eigenvalue weighted by Gasteiger charge is -2.28. The maximum Gasteiger partial charge on any atom is 0.322 e. The van der Waals surface area contributed by atoms with Gasteiger partial charge in [-0.15, -0.1) is 0 Å². The number of ether oxygens (including phenoxy) is 2. The number of anilines is 1. The molecule has 0 atom stereocenters. The van der Waals surface area contributed by atoms with Gasteiger partial charge in [0, 0.05) is 72.8 Å². The molecule has 2 amide bonds. The smallest absolute Gasteiger partial charge is 0.322 e. The van der Waals surface area contributed by atoms with Gasteiger partial charge in [0.15, 0.2) is 0 Å². The normalized spacial score (nSPS) is 14.2. The lowest BCUT2D eigenvalue weighted by molar-refractivity contribution is 0.0365. The second-order valence-electron chi connectivity index (χ2n) is 9.50. The van der Waals surface area contributed by atoms with E-state index in [1.165, 1.54) is 21.8 Å². The molecule has 1 aliphatic heterocycles. The zero-order valence-corrected chi connectivity index (χ0v) is 21.8. The summed E-state index contributed by atoms with van der Waals surface area (Å²) < 4.78 is 13.2. The maximum absolute atomic E-state index is 13.5. The second kappa shape index (κ2) is 11.7. The van der Waals surface area contributed by atoms with E-state index < -0.39 is 0 Å². The number of aromatic nitrogens is 1. The number of methoxy groups -OCH3 is 1. The van der Waals surface area contributed by atoms with Gasteiger partial charge in [-0.2, -0.15) is 0 Å². The van der Waals surface area contributed by atoms with Gasteiger partial charge in [0.05, 0.1) is 20.3 Å². The van der Waals surface area contributed by atoms with Crippen molar-refractivity contribution < 1.29 is 14.3 Å². The van der Waals surface area contributed by atoms with Gasteiger partial charge in [-0.1, -0.05) is 30.3 Å². The number of aryl methyl sites for hydroxylation is 1.